The minimum Gasteiger partial charge on any atom is -0.469 e. The van der Waals surface area contributed by atoms with Crippen molar-refractivity contribution in [3.63, 3.8) is 0 Å². The van der Waals surface area contributed by atoms with E-state index < -0.39 is 10.0 Å². The van der Waals surface area contributed by atoms with Crippen molar-refractivity contribution in [2.45, 2.75) is 51.5 Å². The Kier molecular flexibility index (Phi) is 6.08. The van der Waals surface area contributed by atoms with Gasteiger partial charge in [0.05, 0.1) is 12.9 Å². The number of sulfonamides is 1. The first-order valence-electron chi connectivity index (χ1n) is 6.51. The molecule has 1 aliphatic rings. The molecule has 0 saturated heterocycles. The molecule has 1 atom stereocenters. The molecule has 18 heavy (non-hydrogen) atoms. The van der Waals surface area contributed by atoms with Crippen LogP contribution in [-0.4, -0.2) is 33.3 Å². The van der Waals surface area contributed by atoms with Crippen molar-refractivity contribution in [3.8, 4) is 0 Å². The van der Waals surface area contributed by atoms with E-state index in [-0.39, 0.29) is 24.2 Å². The molecule has 1 fully saturated rings. The summed E-state index contributed by atoms with van der Waals surface area (Å²) < 4.78 is 30.8. The van der Waals surface area contributed by atoms with Gasteiger partial charge in [-0.2, -0.15) is 0 Å². The first-order valence-corrected chi connectivity index (χ1v) is 8.16. The van der Waals surface area contributed by atoms with E-state index in [9.17, 15) is 13.2 Å². The average molecular weight is 277 g/mol. The lowest BCUT2D eigenvalue weighted by atomic mass is 10.0. The Morgan fingerprint density at radius 3 is 2.56 bits per heavy atom. The lowest BCUT2D eigenvalue weighted by molar-refractivity contribution is -0.140. The number of hydrogen-bond donors (Lipinski definition) is 1. The molecule has 1 unspecified atom stereocenters. The smallest absolute Gasteiger partial charge is 0.305 e. The molecule has 6 heteroatoms. The van der Waals surface area contributed by atoms with Gasteiger partial charge >= 0.3 is 5.97 Å². The third-order valence-corrected chi connectivity index (χ3v) is 5.05. The molecule has 1 aliphatic carbocycles. The van der Waals surface area contributed by atoms with Gasteiger partial charge in [-0.1, -0.05) is 12.8 Å². The molecule has 5 nitrogen and oxygen atoms in total. The summed E-state index contributed by atoms with van der Waals surface area (Å²) in [6.45, 7) is 1.92. The zero-order valence-corrected chi connectivity index (χ0v) is 12.0. The van der Waals surface area contributed by atoms with Gasteiger partial charge in [0.25, 0.3) is 0 Å². The number of nitrogens with one attached hydrogen (secondary N) is 1. The zero-order valence-electron chi connectivity index (χ0n) is 11.1. The molecule has 0 radical (unpaired) electrons. The Bertz CT molecular complexity index is 360. The number of ether oxygens (including phenoxy) is 1. The highest BCUT2D eigenvalue weighted by atomic mass is 32.2. The molecule has 1 rings (SSSR count). The predicted molar refractivity (Wildman–Crippen MR) is 69.6 cm³/mol. The van der Waals surface area contributed by atoms with Crippen molar-refractivity contribution in [2.75, 3.05) is 12.9 Å². The third kappa shape index (κ3) is 5.35. The Balaban J connectivity index is 2.32. The quantitative estimate of drug-likeness (QED) is 0.715. The van der Waals surface area contributed by atoms with Crippen molar-refractivity contribution in [1.29, 1.82) is 0 Å². The highest BCUT2D eigenvalue weighted by Crippen LogP contribution is 2.27. The number of carbonyl (C=O) groups is 1. The predicted octanol–water partition coefficient (Wildman–Crippen LogP) is 1.44. The second-order valence-electron chi connectivity index (χ2n) is 4.95. The molecule has 1 N–H and O–H groups in total. The van der Waals surface area contributed by atoms with Crippen LogP contribution in [-0.2, 0) is 19.6 Å². The van der Waals surface area contributed by atoms with Crippen LogP contribution in [0.15, 0.2) is 0 Å². The first kappa shape index (κ1) is 15.4. The molecule has 0 aliphatic heterocycles. The van der Waals surface area contributed by atoms with Gasteiger partial charge in [-0.3, -0.25) is 4.79 Å². The van der Waals surface area contributed by atoms with Gasteiger partial charge in [0.2, 0.25) is 10.0 Å². The number of methoxy groups -OCH3 is 1. The van der Waals surface area contributed by atoms with E-state index >= 15 is 0 Å². The molecule has 0 aromatic heterocycles. The monoisotopic (exact) mass is 277 g/mol. The summed E-state index contributed by atoms with van der Waals surface area (Å²) in [5.74, 6) is 0.0773. The average Bonchev–Trinajstić information content (AvgIpc) is 2.81. The first-order chi connectivity index (χ1) is 8.44. The topological polar surface area (TPSA) is 72.5 Å². The molecule has 0 bridgehead atoms. The van der Waals surface area contributed by atoms with Crippen molar-refractivity contribution in [2.24, 2.45) is 5.92 Å². The Morgan fingerprint density at radius 2 is 2.00 bits per heavy atom. The van der Waals surface area contributed by atoms with E-state index in [1.165, 1.54) is 20.0 Å². The molecule has 0 spiro atoms. The third-order valence-electron chi connectivity index (χ3n) is 3.49. The minimum absolute atomic E-state index is 0.00405. The van der Waals surface area contributed by atoms with Gasteiger partial charge in [0, 0.05) is 12.5 Å². The van der Waals surface area contributed by atoms with Gasteiger partial charge in [-0.05, 0) is 32.1 Å². The van der Waals surface area contributed by atoms with Crippen LogP contribution in [0.25, 0.3) is 0 Å². The van der Waals surface area contributed by atoms with E-state index in [2.05, 4.69) is 9.46 Å². The van der Waals surface area contributed by atoms with Gasteiger partial charge < -0.3 is 4.74 Å². The summed E-state index contributed by atoms with van der Waals surface area (Å²) in [6.07, 6.45) is 5.05. The number of rotatable bonds is 7. The highest BCUT2D eigenvalue weighted by Gasteiger charge is 2.25. The van der Waals surface area contributed by atoms with Crippen molar-refractivity contribution >= 4 is 16.0 Å². The Morgan fingerprint density at radius 1 is 1.39 bits per heavy atom. The number of esters is 1. The standard InChI is InChI=1S/C12H23NO4S/c1-10(11-6-3-4-7-11)13-18(15,16)9-5-8-12(14)17-2/h10-11,13H,3-9H2,1-2H3. The molecule has 0 aromatic carbocycles. The molecule has 0 aromatic rings. The van der Waals surface area contributed by atoms with E-state index in [0.29, 0.717) is 12.3 Å². The zero-order chi connectivity index (χ0) is 13.6. The molecule has 1 saturated carbocycles. The van der Waals surface area contributed by atoms with Crippen LogP contribution in [0.4, 0.5) is 0 Å². The summed E-state index contributed by atoms with van der Waals surface area (Å²) in [6, 6.07) is -0.00405. The number of hydrogen-bond acceptors (Lipinski definition) is 4. The van der Waals surface area contributed by atoms with E-state index in [4.69, 9.17) is 0 Å². The van der Waals surface area contributed by atoms with Gasteiger partial charge in [-0.15, -0.1) is 0 Å². The van der Waals surface area contributed by atoms with Crippen molar-refractivity contribution in [3.05, 3.63) is 0 Å². The highest BCUT2D eigenvalue weighted by molar-refractivity contribution is 7.89. The van der Waals surface area contributed by atoms with Crippen LogP contribution in [0, 0.1) is 5.92 Å². The summed E-state index contributed by atoms with van der Waals surface area (Å²) in [4.78, 5) is 10.9. The fraction of sp³-hybridized carbons (Fsp3) is 0.917. The van der Waals surface area contributed by atoms with Crippen LogP contribution in [0.2, 0.25) is 0 Å². The van der Waals surface area contributed by atoms with E-state index in [0.717, 1.165) is 12.8 Å². The lowest BCUT2D eigenvalue weighted by Gasteiger charge is -2.20. The van der Waals surface area contributed by atoms with Crippen LogP contribution in [0.3, 0.4) is 0 Å². The summed E-state index contributed by atoms with van der Waals surface area (Å²) in [7, 11) is -1.98. The molecule has 0 heterocycles. The number of carbonyl (C=O) groups excluding carboxylic acids is 1. The minimum atomic E-state index is -3.28. The van der Waals surface area contributed by atoms with Crippen LogP contribution < -0.4 is 4.72 Å². The van der Waals surface area contributed by atoms with Crippen LogP contribution in [0.1, 0.15) is 45.4 Å². The van der Waals surface area contributed by atoms with Crippen molar-refractivity contribution in [1.82, 2.24) is 4.72 Å². The second kappa shape index (κ2) is 7.09. The summed E-state index contributed by atoms with van der Waals surface area (Å²) in [5.41, 5.74) is 0. The maximum Gasteiger partial charge on any atom is 0.305 e. The van der Waals surface area contributed by atoms with Crippen LogP contribution in [0.5, 0.6) is 0 Å². The normalized spacial score (nSPS) is 18.8. The fourth-order valence-electron chi connectivity index (χ4n) is 2.40. The molecular weight excluding hydrogens is 254 g/mol. The molecule has 0 amide bonds. The molecule has 106 valence electrons. The second-order valence-corrected chi connectivity index (χ2v) is 6.82. The Labute approximate surface area is 109 Å². The van der Waals surface area contributed by atoms with Crippen LogP contribution >= 0.6 is 0 Å². The maximum absolute atomic E-state index is 11.8. The summed E-state index contributed by atoms with van der Waals surface area (Å²) >= 11 is 0. The van der Waals surface area contributed by atoms with E-state index in [1.54, 1.807) is 0 Å². The van der Waals surface area contributed by atoms with Gasteiger partial charge in [0.1, 0.15) is 0 Å². The SMILES string of the molecule is COC(=O)CCCS(=O)(=O)NC(C)C1CCCC1. The largest absolute Gasteiger partial charge is 0.469 e. The van der Waals surface area contributed by atoms with E-state index in [1.807, 2.05) is 6.92 Å². The maximum atomic E-state index is 11.8. The van der Waals surface area contributed by atoms with Crippen molar-refractivity contribution < 1.29 is 17.9 Å². The lowest BCUT2D eigenvalue weighted by Crippen LogP contribution is -2.38. The van der Waals surface area contributed by atoms with Gasteiger partial charge in [0.15, 0.2) is 0 Å². The molecular formula is C12H23NO4S. The van der Waals surface area contributed by atoms with Gasteiger partial charge in [-0.25, -0.2) is 13.1 Å². The summed E-state index contributed by atoms with van der Waals surface area (Å²) in [5, 5.41) is 0. The fourth-order valence-corrected chi connectivity index (χ4v) is 3.81. The Hall–Kier alpha value is -0.620.